The number of nitrogens with zero attached hydrogens (tertiary/aromatic N) is 1. The van der Waals surface area contributed by atoms with Crippen molar-refractivity contribution >= 4 is 17.5 Å². The van der Waals surface area contributed by atoms with Crippen LogP contribution in [-0.4, -0.2) is 29.8 Å². The molecule has 1 aromatic rings. The number of halogens is 2. The Morgan fingerprint density at radius 3 is 2.60 bits per heavy atom. The van der Waals surface area contributed by atoms with Gasteiger partial charge in [0.05, 0.1) is 0 Å². The van der Waals surface area contributed by atoms with Crippen molar-refractivity contribution in [2.45, 2.75) is 13.3 Å². The van der Waals surface area contributed by atoms with E-state index in [4.69, 9.17) is 0 Å². The van der Waals surface area contributed by atoms with E-state index in [0.29, 0.717) is 6.54 Å². The van der Waals surface area contributed by atoms with Gasteiger partial charge in [-0.15, -0.1) is 6.58 Å². The highest BCUT2D eigenvalue weighted by atomic mass is 19.2. The van der Waals surface area contributed by atoms with Crippen LogP contribution in [0, 0.1) is 11.6 Å². The highest BCUT2D eigenvalue weighted by Crippen LogP contribution is 2.13. The van der Waals surface area contributed by atoms with Gasteiger partial charge < -0.3 is 10.2 Å². The van der Waals surface area contributed by atoms with Crippen molar-refractivity contribution in [1.82, 2.24) is 4.90 Å². The number of carbonyl (C=O) groups is 2. The molecule has 0 spiro atoms. The molecule has 0 aliphatic heterocycles. The van der Waals surface area contributed by atoms with Gasteiger partial charge in [0, 0.05) is 38.2 Å². The number of rotatable bonds is 6. The molecular formula is C14H16F2N2O2. The maximum absolute atomic E-state index is 13.0. The molecule has 0 bridgehead atoms. The Labute approximate surface area is 116 Å². The summed E-state index contributed by atoms with van der Waals surface area (Å²) < 4.78 is 25.7. The molecule has 0 aliphatic rings. The Hall–Kier alpha value is -2.24. The van der Waals surface area contributed by atoms with E-state index >= 15 is 0 Å². The van der Waals surface area contributed by atoms with Crippen LogP contribution in [0.1, 0.15) is 13.3 Å². The molecule has 0 saturated carbocycles. The summed E-state index contributed by atoms with van der Waals surface area (Å²) in [5, 5.41) is 2.44. The zero-order valence-electron chi connectivity index (χ0n) is 11.2. The van der Waals surface area contributed by atoms with E-state index in [0.717, 1.165) is 12.1 Å². The van der Waals surface area contributed by atoms with E-state index in [-0.39, 0.29) is 30.5 Å². The van der Waals surface area contributed by atoms with Crippen molar-refractivity contribution in [1.29, 1.82) is 0 Å². The molecule has 0 heterocycles. The summed E-state index contributed by atoms with van der Waals surface area (Å²) in [7, 11) is 0. The third-order valence-electron chi connectivity index (χ3n) is 2.61. The van der Waals surface area contributed by atoms with Crippen LogP contribution in [0.25, 0.3) is 0 Å². The fraction of sp³-hybridized carbons (Fsp3) is 0.286. The zero-order valence-corrected chi connectivity index (χ0v) is 11.2. The first-order chi connectivity index (χ1) is 9.43. The van der Waals surface area contributed by atoms with Gasteiger partial charge in [-0.3, -0.25) is 9.59 Å². The van der Waals surface area contributed by atoms with Crippen molar-refractivity contribution in [3.63, 3.8) is 0 Å². The van der Waals surface area contributed by atoms with Crippen LogP contribution in [0.3, 0.4) is 0 Å². The van der Waals surface area contributed by atoms with Crippen LogP contribution in [0.5, 0.6) is 0 Å². The van der Waals surface area contributed by atoms with Crippen molar-refractivity contribution in [2.75, 3.05) is 18.4 Å². The van der Waals surface area contributed by atoms with E-state index in [1.165, 1.54) is 17.9 Å². The van der Waals surface area contributed by atoms with Crippen molar-refractivity contribution in [3.05, 3.63) is 42.5 Å². The number of benzene rings is 1. The quantitative estimate of drug-likeness (QED) is 0.814. The topological polar surface area (TPSA) is 49.4 Å². The second kappa shape index (κ2) is 7.37. The van der Waals surface area contributed by atoms with Gasteiger partial charge in [-0.2, -0.15) is 0 Å². The number of hydrogen-bond acceptors (Lipinski definition) is 2. The molecule has 0 fully saturated rings. The molecule has 1 aromatic carbocycles. The highest BCUT2D eigenvalue weighted by molar-refractivity contribution is 5.91. The first-order valence-electron chi connectivity index (χ1n) is 6.05. The predicted octanol–water partition coefficient (Wildman–Crippen LogP) is 2.33. The zero-order chi connectivity index (χ0) is 15.1. The fourth-order valence-electron chi connectivity index (χ4n) is 1.57. The Kier molecular flexibility index (Phi) is 5.83. The van der Waals surface area contributed by atoms with Gasteiger partial charge in [0.15, 0.2) is 11.6 Å². The van der Waals surface area contributed by atoms with Crippen molar-refractivity contribution in [3.8, 4) is 0 Å². The van der Waals surface area contributed by atoms with Crippen molar-refractivity contribution < 1.29 is 18.4 Å². The third kappa shape index (κ3) is 4.79. The van der Waals surface area contributed by atoms with Gasteiger partial charge in [0.2, 0.25) is 11.8 Å². The Bertz CT molecular complexity index is 518. The molecule has 1 N–H and O–H groups in total. The van der Waals surface area contributed by atoms with Gasteiger partial charge in [-0.25, -0.2) is 8.78 Å². The largest absolute Gasteiger partial charge is 0.339 e. The number of amides is 2. The molecule has 0 saturated heterocycles. The van der Waals surface area contributed by atoms with E-state index in [9.17, 15) is 18.4 Å². The van der Waals surface area contributed by atoms with Crippen LogP contribution in [-0.2, 0) is 9.59 Å². The first-order valence-corrected chi connectivity index (χ1v) is 6.05. The molecule has 0 aliphatic carbocycles. The average Bonchev–Trinajstić information content (AvgIpc) is 2.38. The fourth-order valence-corrected chi connectivity index (χ4v) is 1.57. The molecule has 0 unspecified atom stereocenters. The minimum absolute atomic E-state index is 0.0619. The summed E-state index contributed by atoms with van der Waals surface area (Å²) >= 11 is 0. The normalized spacial score (nSPS) is 9.95. The lowest BCUT2D eigenvalue weighted by Gasteiger charge is -2.18. The molecule has 108 valence electrons. The van der Waals surface area contributed by atoms with Gasteiger partial charge in [0.1, 0.15) is 0 Å². The van der Waals surface area contributed by atoms with Gasteiger partial charge in [-0.1, -0.05) is 6.08 Å². The van der Waals surface area contributed by atoms with Crippen LogP contribution in [0.2, 0.25) is 0 Å². The summed E-state index contributed by atoms with van der Waals surface area (Å²) in [6, 6.07) is 3.10. The summed E-state index contributed by atoms with van der Waals surface area (Å²) in [5.74, 6) is -2.55. The summed E-state index contributed by atoms with van der Waals surface area (Å²) in [6.45, 7) is 5.51. The van der Waals surface area contributed by atoms with E-state index in [1.807, 2.05) is 0 Å². The van der Waals surface area contributed by atoms with Gasteiger partial charge in [0.25, 0.3) is 0 Å². The lowest BCUT2D eigenvalue weighted by atomic mass is 10.2. The number of nitrogens with one attached hydrogen (secondary N) is 1. The van der Waals surface area contributed by atoms with Crippen LogP contribution in [0.4, 0.5) is 14.5 Å². The maximum atomic E-state index is 13.0. The molecule has 6 heteroatoms. The number of carbonyl (C=O) groups excluding carboxylic acids is 2. The average molecular weight is 282 g/mol. The molecule has 1 rings (SSSR count). The lowest BCUT2D eigenvalue weighted by molar-refractivity contribution is -0.128. The molecule has 0 radical (unpaired) electrons. The van der Waals surface area contributed by atoms with Gasteiger partial charge >= 0.3 is 0 Å². The standard InChI is InChI=1S/C14H16F2N2O2/c1-3-7-18(10(2)19)8-6-14(20)17-11-4-5-12(15)13(16)9-11/h3-5,9H,1,6-8H2,2H3,(H,17,20). The molecule has 0 atom stereocenters. The second-order valence-electron chi connectivity index (χ2n) is 4.18. The number of anilines is 1. The first kappa shape index (κ1) is 15.8. The van der Waals surface area contributed by atoms with Gasteiger partial charge in [-0.05, 0) is 12.1 Å². The van der Waals surface area contributed by atoms with Crippen LogP contribution < -0.4 is 5.32 Å². The van der Waals surface area contributed by atoms with E-state index in [1.54, 1.807) is 6.08 Å². The molecule has 2 amide bonds. The summed E-state index contributed by atoms with van der Waals surface area (Å²) in [6.07, 6.45) is 1.63. The smallest absolute Gasteiger partial charge is 0.226 e. The third-order valence-corrected chi connectivity index (χ3v) is 2.61. The minimum atomic E-state index is -1.03. The van der Waals surface area contributed by atoms with Crippen LogP contribution >= 0.6 is 0 Å². The predicted molar refractivity (Wildman–Crippen MR) is 72.1 cm³/mol. The Morgan fingerprint density at radius 1 is 1.35 bits per heavy atom. The molecule has 0 aromatic heterocycles. The number of hydrogen-bond donors (Lipinski definition) is 1. The summed E-state index contributed by atoms with van der Waals surface area (Å²) in [5.41, 5.74) is 0.173. The van der Waals surface area contributed by atoms with Crippen molar-refractivity contribution in [2.24, 2.45) is 0 Å². The molecule has 4 nitrogen and oxygen atoms in total. The maximum Gasteiger partial charge on any atom is 0.226 e. The molecular weight excluding hydrogens is 266 g/mol. The SMILES string of the molecule is C=CCN(CCC(=O)Nc1ccc(F)c(F)c1)C(C)=O. The van der Waals surface area contributed by atoms with E-state index in [2.05, 4.69) is 11.9 Å². The monoisotopic (exact) mass is 282 g/mol. The lowest BCUT2D eigenvalue weighted by Crippen LogP contribution is -2.32. The highest BCUT2D eigenvalue weighted by Gasteiger charge is 2.10. The minimum Gasteiger partial charge on any atom is -0.339 e. The Morgan fingerprint density at radius 2 is 2.05 bits per heavy atom. The summed E-state index contributed by atoms with van der Waals surface area (Å²) in [4.78, 5) is 24.3. The van der Waals surface area contributed by atoms with E-state index < -0.39 is 11.6 Å². The molecule has 20 heavy (non-hydrogen) atoms. The Balaban J connectivity index is 2.52. The second-order valence-corrected chi connectivity index (χ2v) is 4.18. The van der Waals surface area contributed by atoms with Crippen LogP contribution in [0.15, 0.2) is 30.9 Å².